The van der Waals surface area contributed by atoms with Crippen LogP contribution in [0.5, 0.6) is 0 Å². The minimum Gasteiger partial charge on any atom is -0.314 e. The molecule has 1 aliphatic heterocycles. The topological polar surface area (TPSA) is 24.1 Å². The molecule has 0 radical (unpaired) electrons. The molecule has 0 bridgehead atoms. The van der Waals surface area contributed by atoms with Crippen molar-refractivity contribution in [3.8, 4) is 0 Å². The lowest BCUT2D eigenvalue weighted by Gasteiger charge is -2.18. The van der Waals surface area contributed by atoms with Gasteiger partial charge in [-0.3, -0.25) is 0 Å². The predicted octanol–water partition coefficient (Wildman–Crippen LogP) is 3.21. The largest absolute Gasteiger partial charge is 0.314 e. The van der Waals surface area contributed by atoms with E-state index in [1.54, 1.807) is 12.1 Å². The molecule has 2 N–H and O–H groups in total. The number of benzene rings is 1. The fraction of sp³-hybridized carbons (Fsp3) is 0.571. The molecule has 2 atom stereocenters. The summed E-state index contributed by atoms with van der Waals surface area (Å²) < 4.78 is 14.1. The summed E-state index contributed by atoms with van der Waals surface area (Å²) in [5.41, 5.74) is 0.973. The molecule has 1 aliphatic rings. The van der Waals surface area contributed by atoms with E-state index in [1.165, 1.54) is 18.9 Å². The lowest BCUT2D eigenvalue weighted by Crippen LogP contribution is -2.33. The third-order valence-electron chi connectivity index (χ3n) is 3.45. The molecule has 0 saturated carbocycles. The van der Waals surface area contributed by atoms with Gasteiger partial charge in [0.05, 0.1) is 0 Å². The van der Waals surface area contributed by atoms with E-state index >= 15 is 0 Å². The van der Waals surface area contributed by atoms with Gasteiger partial charge in [0.1, 0.15) is 5.82 Å². The summed E-state index contributed by atoms with van der Waals surface area (Å²) in [5, 5.41) is 6.95. The average molecular weight is 315 g/mol. The minimum absolute atomic E-state index is 0.180. The smallest absolute Gasteiger partial charge is 0.123 e. The van der Waals surface area contributed by atoms with Crippen LogP contribution in [0.25, 0.3) is 0 Å². The Hall–Kier alpha value is -0.450. The third-order valence-corrected chi connectivity index (χ3v) is 4.22. The van der Waals surface area contributed by atoms with Crippen molar-refractivity contribution in [1.82, 2.24) is 10.6 Å². The fourth-order valence-electron chi connectivity index (χ4n) is 2.43. The SMILES string of the molecule is CC(CC1CCCN1)NCc1cc(F)ccc1Br. The Labute approximate surface area is 116 Å². The number of rotatable bonds is 5. The zero-order valence-corrected chi connectivity index (χ0v) is 12.3. The van der Waals surface area contributed by atoms with Crippen LogP contribution in [0.15, 0.2) is 22.7 Å². The van der Waals surface area contributed by atoms with E-state index in [0.717, 1.165) is 23.0 Å². The Morgan fingerprint density at radius 1 is 1.56 bits per heavy atom. The zero-order valence-electron chi connectivity index (χ0n) is 10.7. The van der Waals surface area contributed by atoms with Crippen molar-refractivity contribution in [2.24, 2.45) is 0 Å². The van der Waals surface area contributed by atoms with Gasteiger partial charge in [0.2, 0.25) is 0 Å². The normalized spacial score (nSPS) is 21.2. The lowest BCUT2D eigenvalue weighted by molar-refractivity contribution is 0.439. The fourth-order valence-corrected chi connectivity index (χ4v) is 2.82. The third kappa shape index (κ3) is 4.04. The maximum absolute atomic E-state index is 13.1. The van der Waals surface area contributed by atoms with E-state index in [0.29, 0.717) is 18.6 Å². The van der Waals surface area contributed by atoms with Gasteiger partial charge in [-0.25, -0.2) is 4.39 Å². The molecule has 2 unspecified atom stereocenters. The summed E-state index contributed by atoms with van der Waals surface area (Å²) in [6.07, 6.45) is 3.69. The standard InChI is InChI=1S/C14H20BrFN2/c1-10(7-13-3-2-6-17-13)18-9-11-8-12(16)4-5-14(11)15/h4-5,8,10,13,17-18H,2-3,6-7,9H2,1H3. The van der Waals surface area contributed by atoms with Gasteiger partial charge in [-0.05, 0) is 56.5 Å². The molecule has 2 nitrogen and oxygen atoms in total. The second kappa shape index (κ2) is 6.64. The van der Waals surface area contributed by atoms with Crippen LogP contribution in [0, 0.1) is 5.82 Å². The van der Waals surface area contributed by atoms with Crippen molar-refractivity contribution >= 4 is 15.9 Å². The van der Waals surface area contributed by atoms with Crippen LogP contribution in [-0.2, 0) is 6.54 Å². The Bertz CT molecular complexity index is 391. The lowest BCUT2D eigenvalue weighted by atomic mass is 10.1. The first-order chi connectivity index (χ1) is 8.65. The van der Waals surface area contributed by atoms with Crippen molar-refractivity contribution in [3.63, 3.8) is 0 Å². The molecule has 2 rings (SSSR count). The van der Waals surface area contributed by atoms with Gasteiger partial charge >= 0.3 is 0 Å². The van der Waals surface area contributed by atoms with Crippen LogP contribution in [0.1, 0.15) is 31.7 Å². The number of nitrogens with one attached hydrogen (secondary N) is 2. The van der Waals surface area contributed by atoms with Gasteiger partial charge in [0, 0.05) is 23.1 Å². The minimum atomic E-state index is -0.180. The van der Waals surface area contributed by atoms with Crippen molar-refractivity contribution in [1.29, 1.82) is 0 Å². The van der Waals surface area contributed by atoms with Gasteiger partial charge in [-0.2, -0.15) is 0 Å². The molecule has 0 amide bonds. The molecule has 18 heavy (non-hydrogen) atoms. The number of hydrogen-bond acceptors (Lipinski definition) is 2. The summed E-state index contributed by atoms with van der Waals surface area (Å²) in [7, 11) is 0. The van der Waals surface area contributed by atoms with Crippen molar-refractivity contribution in [2.45, 2.75) is 44.8 Å². The molecule has 1 fully saturated rings. The molecule has 1 heterocycles. The van der Waals surface area contributed by atoms with Gasteiger partial charge < -0.3 is 10.6 Å². The van der Waals surface area contributed by atoms with E-state index < -0.39 is 0 Å². The molecular weight excluding hydrogens is 295 g/mol. The molecule has 1 aromatic carbocycles. The van der Waals surface area contributed by atoms with E-state index in [1.807, 2.05) is 0 Å². The first-order valence-electron chi connectivity index (χ1n) is 6.56. The molecule has 4 heteroatoms. The first-order valence-corrected chi connectivity index (χ1v) is 7.35. The maximum Gasteiger partial charge on any atom is 0.123 e. The zero-order chi connectivity index (χ0) is 13.0. The highest BCUT2D eigenvalue weighted by Gasteiger charge is 2.16. The van der Waals surface area contributed by atoms with Gasteiger partial charge in [0.25, 0.3) is 0 Å². The van der Waals surface area contributed by atoms with Crippen molar-refractivity contribution < 1.29 is 4.39 Å². The van der Waals surface area contributed by atoms with Crippen LogP contribution in [0.2, 0.25) is 0 Å². The Morgan fingerprint density at radius 2 is 2.39 bits per heavy atom. The summed E-state index contributed by atoms with van der Waals surface area (Å²) in [6.45, 7) is 4.03. The summed E-state index contributed by atoms with van der Waals surface area (Å²) in [6, 6.07) is 5.89. The quantitative estimate of drug-likeness (QED) is 0.872. The molecule has 0 aromatic heterocycles. The Morgan fingerprint density at radius 3 is 3.11 bits per heavy atom. The number of halogens is 2. The average Bonchev–Trinajstić information content (AvgIpc) is 2.83. The van der Waals surface area contributed by atoms with Gasteiger partial charge in [-0.1, -0.05) is 15.9 Å². The van der Waals surface area contributed by atoms with Crippen LogP contribution in [-0.4, -0.2) is 18.6 Å². The highest BCUT2D eigenvalue weighted by Crippen LogP contribution is 2.18. The molecule has 1 saturated heterocycles. The second-order valence-electron chi connectivity index (χ2n) is 5.05. The van der Waals surface area contributed by atoms with Crippen molar-refractivity contribution in [3.05, 3.63) is 34.1 Å². The molecular formula is C14H20BrFN2. The summed E-state index contributed by atoms with van der Waals surface area (Å²) in [5.74, 6) is -0.180. The first kappa shape index (κ1) is 14.0. The molecule has 0 spiro atoms. The molecule has 0 aliphatic carbocycles. The summed E-state index contributed by atoms with van der Waals surface area (Å²) >= 11 is 3.45. The summed E-state index contributed by atoms with van der Waals surface area (Å²) in [4.78, 5) is 0. The highest BCUT2D eigenvalue weighted by atomic mass is 79.9. The number of hydrogen-bond donors (Lipinski definition) is 2. The highest BCUT2D eigenvalue weighted by molar-refractivity contribution is 9.10. The van der Waals surface area contributed by atoms with Crippen LogP contribution < -0.4 is 10.6 Å². The van der Waals surface area contributed by atoms with E-state index in [9.17, 15) is 4.39 Å². The Balaban J connectivity index is 1.81. The van der Waals surface area contributed by atoms with Gasteiger partial charge in [-0.15, -0.1) is 0 Å². The second-order valence-corrected chi connectivity index (χ2v) is 5.90. The van der Waals surface area contributed by atoms with E-state index in [4.69, 9.17) is 0 Å². The predicted molar refractivity (Wildman–Crippen MR) is 76.0 cm³/mol. The van der Waals surface area contributed by atoms with Crippen LogP contribution in [0.3, 0.4) is 0 Å². The maximum atomic E-state index is 13.1. The van der Waals surface area contributed by atoms with Crippen LogP contribution in [0.4, 0.5) is 4.39 Å². The van der Waals surface area contributed by atoms with E-state index in [2.05, 4.69) is 33.5 Å². The Kier molecular flexibility index (Phi) is 5.15. The van der Waals surface area contributed by atoms with Crippen LogP contribution >= 0.6 is 15.9 Å². The monoisotopic (exact) mass is 314 g/mol. The molecule has 100 valence electrons. The van der Waals surface area contributed by atoms with E-state index in [-0.39, 0.29) is 5.82 Å². The van der Waals surface area contributed by atoms with Crippen molar-refractivity contribution in [2.75, 3.05) is 6.54 Å². The van der Waals surface area contributed by atoms with Gasteiger partial charge in [0.15, 0.2) is 0 Å². The molecule has 1 aromatic rings.